The van der Waals surface area contributed by atoms with Crippen molar-refractivity contribution in [3.8, 4) is 5.75 Å². The van der Waals surface area contributed by atoms with Crippen molar-refractivity contribution < 1.29 is 9.47 Å². The van der Waals surface area contributed by atoms with E-state index in [2.05, 4.69) is 44.2 Å². The van der Waals surface area contributed by atoms with Crippen LogP contribution in [-0.4, -0.2) is 31.3 Å². The lowest BCUT2D eigenvalue weighted by Gasteiger charge is -2.17. The van der Waals surface area contributed by atoms with Crippen LogP contribution in [0.3, 0.4) is 0 Å². The van der Waals surface area contributed by atoms with Crippen molar-refractivity contribution >= 4 is 21.7 Å². The number of rotatable bonds is 6. The van der Waals surface area contributed by atoms with Gasteiger partial charge < -0.3 is 9.47 Å². The summed E-state index contributed by atoms with van der Waals surface area (Å²) in [5.74, 6) is 3.35. The van der Waals surface area contributed by atoms with Crippen LogP contribution in [0.5, 0.6) is 5.75 Å². The first-order valence-electron chi connectivity index (χ1n) is 8.77. The maximum absolute atomic E-state index is 6.08. The van der Waals surface area contributed by atoms with E-state index in [-0.39, 0.29) is 0 Å². The molecule has 0 amide bonds. The second-order valence-electron chi connectivity index (χ2n) is 6.01. The number of aryl methyl sites for hydroxylation is 1. The summed E-state index contributed by atoms with van der Waals surface area (Å²) in [5, 5.41) is 2.67. The summed E-state index contributed by atoms with van der Waals surface area (Å²) in [4.78, 5) is 1.49. The van der Waals surface area contributed by atoms with Gasteiger partial charge in [0, 0.05) is 21.7 Å². The minimum atomic E-state index is 0.313. The van der Waals surface area contributed by atoms with Crippen LogP contribution in [0.4, 0.5) is 0 Å². The second-order valence-corrected chi connectivity index (χ2v) is 8.25. The van der Waals surface area contributed by atoms with Gasteiger partial charge in [-0.15, -0.1) is 0 Å². The lowest BCUT2D eigenvalue weighted by atomic mass is 10.0. The van der Waals surface area contributed by atoms with Crippen molar-refractivity contribution in [1.82, 2.24) is 0 Å². The maximum Gasteiger partial charge on any atom is 0.163 e. The Balaban J connectivity index is 2.00. The number of hydrogen-bond acceptors (Lipinski definition) is 2. The first-order chi connectivity index (χ1) is 11.3. The molecule has 0 radical (unpaired) electrons. The first-order valence-corrected chi connectivity index (χ1v) is 10.3. The van der Waals surface area contributed by atoms with E-state index in [1.165, 1.54) is 27.7 Å². The van der Waals surface area contributed by atoms with E-state index >= 15 is 0 Å². The Kier molecular flexibility index (Phi) is 5.85. The highest BCUT2D eigenvalue weighted by Crippen LogP contribution is 2.34. The lowest BCUT2D eigenvalue weighted by Crippen LogP contribution is -2.26. The summed E-state index contributed by atoms with van der Waals surface area (Å²) in [6, 6.07) is 11.4. The summed E-state index contributed by atoms with van der Waals surface area (Å²) in [6.45, 7) is 7.01. The third-order valence-electron chi connectivity index (χ3n) is 4.42. The number of benzene rings is 2. The largest absolute Gasteiger partial charge is 0.493 e. The normalized spacial score (nSPS) is 15.9. The summed E-state index contributed by atoms with van der Waals surface area (Å²) in [6.07, 6.45) is 3.34. The molecule has 1 aliphatic rings. The standard InChI is InChI=1S/C20H27O2S/c1-3-5-10-22-19-8-9-20(23-13-11-21-12-14-23)17-7-6-16(4-2)15-18(17)19/h6-9,15H,3-5,10-14H2,1-2H3/q+1. The van der Waals surface area contributed by atoms with Crippen molar-refractivity contribution in [2.24, 2.45) is 0 Å². The molecule has 0 N–H and O–H groups in total. The first kappa shape index (κ1) is 16.7. The van der Waals surface area contributed by atoms with Gasteiger partial charge in [0.15, 0.2) is 4.90 Å². The summed E-state index contributed by atoms with van der Waals surface area (Å²) in [7, 11) is 0.313. The molecule has 0 bridgehead atoms. The highest BCUT2D eigenvalue weighted by Gasteiger charge is 2.28. The minimum absolute atomic E-state index is 0.313. The van der Waals surface area contributed by atoms with Gasteiger partial charge in [-0.3, -0.25) is 0 Å². The Bertz CT molecular complexity index is 647. The van der Waals surface area contributed by atoms with Gasteiger partial charge >= 0.3 is 0 Å². The lowest BCUT2D eigenvalue weighted by molar-refractivity contribution is 0.159. The number of ether oxygens (including phenoxy) is 2. The van der Waals surface area contributed by atoms with Crippen molar-refractivity contribution in [2.75, 3.05) is 31.3 Å². The molecule has 0 atom stereocenters. The second kappa shape index (κ2) is 8.07. The molecule has 0 saturated carbocycles. The van der Waals surface area contributed by atoms with Crippen LogP contribution in [0.2, 0.25) is 0 Å². The predicted molar refractivity (Wildman–Crippen MR) is 99.9 cm³/mol. The van der Waals surface area contributed by atoms with Gasteiger partial charge in [0.05, 0.1) is 19.8 Å². The molecule has 124 valence electrons. The fraction of sp³-hybridized carbons (Fsp3) is 0.500. The van der Waals surface area contributed by atoms with Gasteiger partial charge in [0.2, 0.25) is 0 Å². The predicted octanol–water partition coefficient (Wildman–Crippen LogP) is 4.59. The van der Waals surface area contributed by atoms with Gasteiger partial charge in [-0.2, -0.15) is 0 Å². The van der Waals surface area contributed by atoms with Crippen LogP contribution in [-0.2, 0) is 22.1 Å². The molecule has 0 spiro atoms. The van der Waals surface area contributed by atoms with Gasteiger partial charge in [-0.1, -0.05) is 26.3 Å². The monoisotopic (exact) mass is 331 g/mol. The van der Waals surface area contributed by atoms with E-state index in [0.717, 1.165) is 49.9 Å². The van der Waals surface area contributed by atoms with Crippen molar-refractivity contribution in [3.63, 3.8) is 0 Å². The van der Waals surface area contributed by atoms with E-state index in [9.17, 15) is 0 Å². The smallest absolute Gasteiger partial charge is 0.163 e. The zero-order valence-electron chi connectivity index (χ0n) is 14.3. The quantitative estimate of drug-likeness (QED) is 0.569. The Labute approximate surface area is 142 Å². The highest BCUT2D eigenvalue weighted by molar-refractivity contribution is 7.97. The molecule has 2 aromatic rings. The van der Waals surface area contributed by atoms with E-state index in [1.807, 2.05) is 0 Å². The topological polar surface area (TPSA) is 18.5 Å². The minimum Gasteiger partial charge on any atom is -0.493 e. The van der Waals surface area contributed by atoms with Crippen molar-refractivity contribution in [1.29, 1.82) is 0 Å². The summed E-state index contributed by atoms with van der Waals surface area (Å²) in [5.41, 5.74) is 1.38. The molecule has 1 fully saturated rings. The average Bonchev–Trinajstić information content (AvgIpc) is 2.62. The van der Waals surface area contributed by atoms with Crippen LogP contribution in [0.25, 0.3) is 10.8 Å². The van der Waals surface area contributed by atoms with E-state index in [0.29, 0.717) is 10.9 Å². The number of unbranched alkanes of at least 4 members (excludes halogenated alkanes) is 1. The third-order valence-corrected chi connectivity index (χ3v) is 6.72. The molecule has 1 aliphatic heterocycles. The van der Waals surface area contributed by atoms with Crippen molar-refractivity contribution in [2.45, 2.75) is 38.0 Å². The van der Waals surface area contributed by atoms with Crippen LogP contribution >= 0.6 is 0 Å². The van der Waals surface area contributed by atoms with Crippen LogP contribution < -0.4 is 4.74 Å². The zero-order chi connectivity index (χ0) is 16.1. The fourth-order valence-corrected chi connectivity index (χ4v) is 5.04. The molecule has 2 nitrogen and oxygen atoms in total. The van der Waals surface area contributed by atoms with Crippen LogP contribution in [0.1, 0.15) is 32.3 Å². The Morgan fingerprint density at radius 1 is 1.04 bits per heavy atom. The Hall–Kier alpha value is -1.19. The molecule has 1 heterocycles. The van der Waals surface area contributed by atoms with E-state index < -0.39 is 0 Å². The molecule has 3 heteroatoms. The molecule has 3 rings (SSSR count). The maximum atomic E-state index is 6.08. The molecular weight excluding hydrogens is 304 g/mol. The summed E-state index contributed by atoms with van der Waals surface area (Å²) < 4.78 is 11.6. The SMILES string of the molecule is CCCCOc1ccc([S+]2CCOCC2)c2ccc(CC)cc12. The van der Waals surface area contributed by atoms with E-state index in [1.54, 1.807) is 0 Å². The van der Waals surface area contributed by atoms with Gasteiger partial charge in [-0.05, 0) is 42.7 Å². The molecule has 1 saturated heterocycles. The molecular formula is C20H27O2S+. The van der Waals surface area contributed by atoms with Gasteiger partial charge in [-0.25, -0.2) is 0 Å². The zero-order valence-corrected chi connectivity index (χ0v) is 15.1. The van der Waals surface area contributed by atoms with Crippen molar-refractivity contribution in [3.05, 3.63) is 35.9 Å². The van der Waals surface area contributed by atoms with Crippen LogP contribution in [0.15, 0.2) is 35.2 Å². The number of fused-ring (bicyclic) bond motifs is 1. The number of hydrogen-bond donors (Lipinski definition) is 0. The Morgan fingerprint density at radius 2 is 1.87 bits per heavy atom. The highest BCUT2D eigenvalue weighted by atomic mass is 32.2. The average molecular weight is 332 g/mol. The van der Waals surface area contributed by atoms with Gasteiger partial charge in [0.25, 0.3) is 0 Å². The molecule has 0 aliphatic carbocycles. The molecule has 0 unspecified atom stereocenters. The molecule has 0 aromatic heterocycles. The van der Waals surface area contributed by atoms with Gasteiger partial charge in [0.1, 0.15) is 17.3 Å². The Morgan fingerprint density at radius 3 is 2.61 bits per heavy atom. The molecule has 2 aromatic carbocycles. The summed E-state index contributed by atoms with van der Waals surface area (Å²) >= 11 is 0. The third kappa shape index (κ3) is 3.84. The van der Waals surface area contributed by atoms with E-state index in [4.69, 9.17) is 9.47 Å². The molecule has 23 heavy (non-hydrogen) atoms. The fourth-order valence-electron chi connectivity index (χ4n) is 3.01. The van der Waals surface area contributed by atoms with Crippen LogP contribution in [0, 0.1) is 0 Å².